The average Bonchev–Trinajstić information content (AvgIpc) is 3.28. The lowest BCUT2D eigenvalue weighted by atomic mass is 9.93. The summed E-state index contributed by atoms with van der Waals surface area (Å²) in [5, 5.41) is 10.5. The smallest absolute Gasteiger partial charge is 0.389 e. The molecular formula is C29H30ClN7O3. The Balaban J connectivity index is 1.20. The molecule has 0 bridgehead atoms. The van der Waals surface area contributed by atoms with E-state index in [4.69, 9.17) is 16.3 Å². The van der Waals surface area contributed by atoms with Gasteiger partial charge < -0.3 is 20.3 Å². The molecule has 0 unspecified atom stereocenters. The molecule has 1 fully saturated rings. The van der Waals surface area contributed by atoms with Gasteiger partial charge in [0.25, 0.3) is 5.91 Å². The van der Waals surface area contributed by atoms with E-state index in [1.54, 1.807) is 55.7 Å². The van der Waals surface area contributed by atoms with Gasteiger partial charge in [0, 0.05) is 50.1 Å². The van der Waals surface area contributed by atoms with Crippen molar-refractivity contribution >= 4 is 35.1 Å². The highest BCUT2D eigenvalue weighted by molar-refractivity contribution is 6.34. The third-order valence-corrected chi connectivity index (χ3v) is 7.32. The van der Waals surface area contributed by atoms with E-state index < -0.39 is 12.0 Å². The fourth-order valence-electron chi connectivity index (χ4n) is 4.75. The number of piperidine rings is 1. The largest absolute Gasteiger partial charge is 0.414 e. The van der Waals surface area contributed by atoms with Crippen LogP contribution < -0.4 is 20.3 Å². The molecule has 0 saturated carbocycles. The number of hydrogen-bond donors (Lipinski definition) is 2. The number of rotatable bonds is 8. The van der Waals surface area contributed by atoms with Gasteiger partial charge in [-0.15, -0.1) is 5.10 Å². The zero-order chi connectivity index (χ0) is 27.9. The maximum absolute atomic E-state index is 13.0. The maximum Gasteiger partial charge on any atom is 0.414 e. The summed E-state index contributed by atoms with van der Waals surface area (Å²) in [6, 6.07) is 14.3. The molecule has 5 rings (SSSR count). The number of anilines is 2. The molecule has 0 aliphatic carbocycles. The van der Waals surface area contributed by atoms with Crippen molar-refractivity contribution in [3.63, 3.8) is 0 Å². The summed E-state index contributed by atoms with van der Waals surface area (Å²) < 4.78 is 7.08. The van der Waals surface area contributed by atoms with Gasteiger partial charge in [-0.25, -0.2) is 9.48 Å². The highest BCUT2D eigenvalue weighted by Gasteiger charge is 2.23. The molecule has 2 N–H and O–H groups in total. The first-order valence-electron chi connectivity index (χ1n) is 13.2. The fourth-order valence-corrected chi connectivity index (χ4v) is 4.97. The van der Waals surface area contributed by atoms with Crippen LogP contribution in [0.1, 0.15) is 35.2 Å². The number of nitrogens with zero attached hydrogens (tertiary/aromatic N) is 5. The lowest BCUT2D eigenvalue weighted by Gasteiger charge is -2.33. The molecule has 11 heteroatoms. The SMILES string of the molecule is Cc1c(OC(=O)NCCC2CCN(c3ccncc3)CC2)nn(-c2ccncc2)c1NC(=O)c1ccccc1Cl. The van der Waals surface area contributed by atoms with Gasteiger partial charge in [0.05, 0.1) is 21.8 Å². The van der Waals surface area contributed by atoms with Gasteiger partial charge >= 0.3 is 6.09 Å². The van der Waals surface area contributed by atoms with Crippen molar-refractivity contribution in [2.75, 3.05) is 29.9 Å². The summed E-state index contributed by atoms with van der Waals surface area (Å²) in [7, 11) is 0. The third kappa shape index (κ3) is 6.40. The van der Waals surface area contributed by atoms with E-state index in [-0.39, 0.29) is 5.88 Å². The number of amides is 2. The van der Waals surface area contributed by atoms with Gasteiger partial charge in [-0.05, 0) is 68.5 Å². The number of hydrogen-bond acceptors (Lipinski definition) is 7. The summed E-state index contributed by atoms with van der Waals surface area (Å²) in [6.45, 7) is 4.19. The predicted molar refractivity (Wildman–Crippen MR) is 153 cm³/mol. The zero-order valence-electron chi connectivity index (χ0n) is 22.1. The lowest BCUT2D eigenvalue weighted by molar-refractivity contribution is 0.102. The van der Waals surface area contributed by atoms with E-state index in [0.29, 0.717) is 40.1 Å². The van der Waals surface area contributed by atoms with Crippen LogP contribution >= 0.6 is 11.6 Å². The summed E-state index contributed by atoms with van der Waals surface area (Å²) >= 11 is 6.22. The van der Waals surface area contributed by atoms with Crippen LogP contribution in [0.25, 0.3) is 5.69 Å². The summed E-state index contributed by atoms with van der Waals surface area (Å²) in [5.74, 6) is 0.571. The number of benzene rings is 1. The molecule has 4 aromatic rings. The average molecular weight is 560 g/mol. The van der Waals surface area contributed by atoms with Crippen molar-refractivity contribution in [1.29, 1.82) is 0 Å². The maximum atomic E-state index is 13.0. The zero-order valence-corrected chi connectivity index (χ0v) is 22.8. The Morgan fingerprint density at radius 3 is 2.30 bits per heavy atom. The second kappa shape index (κ2) is 12.6. The van der Waals surface area contributed by atoms with Crippen molar-refractivity contribution in [3.8, 4) is 11.6 Å². The number of pyridine rings is 2. The van der Waals surface area contributed by atoms with E-state index >= 15 is 0 Å². The summed E-state index contributed by atoms with van der Waals surface area (Å²) in [4.78, 5) is 36.2. The van der Waals surface area contributed by atoms with Crippen LogP contribution in [0.3, 0.4) is 0 Å². The van der Waals surface area contributed by atoms with Gasteiger partial charge in [0.2, 0.25) is 5.88 Å². The van der Waals surface area contributed by atoms with Crippen molar-refractivity contribution in [3.05, 3.63) is 89.5 Å². The van der Waals surface area contributed by atoms with Gasteiger partial charge in [0.1, 0.15) is 5.82 Å². The van der Waals surface area contributed by atoms with Gasteiger partial charge in [0.15, 0.2) is 0 Å². The third-order valence-electron chi connectivity index (χ3n) is 6.99. The highest BCUT2D eigenvalue weighted by Crippen LogP contribution is 2.29. The van der Waals surface area contributed by atoms with Crippen LogP contribution in [0, 0.1) is 12.8 Å². The van der Waals surface area contributed by atoms with Gasteiger partial charge in [-0.3, -0.25) is 14.8 Å². The highest BCUT2D eigenvalue weighted by atomic mass is 35.5. The molecule has 0 spiro atoms. The quantitative estimate of drug-likeness (QED) is 0.302. The number of carbonyl (C=O) groups is 2. The Kier molecular flexibility index (Phi) is 8.56. The number of halogens is 1. The Morgan fingerprint density at radius 2 is 1.62 bits per heavy atom. The first-order valence-corrected chi connectivity index (χ1v) is 13.5. The van der Waals surface area contributed by atoms with Crippen LogP contribution in [-0.4, -0.2) is 51.4 Å². The molecular weight excluding hydrogens is 530 g/mol. The minimum atomic E-state index is -0.597. The molecule has 1 aliphatic rings. The second-order valence-electron chi connectivity index (χ2n) is 9.57. The van der Waals surface area contributed by atoms with Crippen LogP contribution in [0.2, 0.25) is 5.02 Å². The summed E-state index contributed by atoms with van der Waals surface area (Å²) in [5.41, 5.74) is 2.65. The topological polar surface area (TPSA) is 114 Å². The predicted octanol–water partition coefficient (Wildman–Crippen LogP) is 5.27. The van der Waals surface area contributed by atoms with Crippen molar-refractivity contribution < 1.29 is 14.3 Å². The standard InChI is InChI=1S/C29H30ClN7O3/c1-20-26(34-27(38)24-4-2-3-5-25(24)30)37(23-9-15-32-16-10-23)35-28(20)40-29(39)33-17-6-21-11-18-36(19-12-21)22-7-13-31-14-8-22/h2-5,7-10,13-16,21H,6,11-12,17-19H2,1H3,(H,33,39)(H,34,38). The first kappa shape index (κ1) is 27.1. The van der Waals surface area contributed by atoms with Gasteiger partial charge in [-0.2, -0.15) is 0 Å². The Bertz CT molecular complexity index is 1460. The molecule has 3 aromatic heterocycles. The van der Waals surface area contributed by atoms with E-state index in [0.717, 1.165) is 32.4 Å². The molecule has 4 heterocycles. The Morgan fingerprint density at radius 1 is 0.975 bits per heavy atom. The van der Waals surface area contributed by atoms with Gasteiger partial charge in [-0.1, -0.05) is 23.7 Å². The van der Waals surface area contributed by atoms with Crippen molar-refractivity contribution in [2.45, 2.75) is 26.2 Å². The normalized spacial score (nSPS) is 13.6. The lowest BCUT2D eigenvalue weighted by Crippen LogP contribution is -2.35. The fraction of sp³-hybridized carbons (Fsp3) is 0.276. The molecule has 0 radical (unpaired) electrons. The Labute approximate surface area is 237 Å². The van der Waals surface area contributed by atoms with Crippen molar-refractivity contribution in [2.24, 2.45) is 5.92 Å². The number of aromatic nitrogens is 4. The molecule has 1 aliphatic heterocycles. The van der Waals surface area contributed by atoms with Crippen molar-refractivity contribution in [1.82, 2.24) is 25.1 Å². The first-order chi connectivity index (χ1) is 19.5. The Hall–Kier alpha value is -4.44. The molecule has 1 saturated heterocycles. The van der Waals surface area contributed by atoms with E-state index in [1.165, 1.54) is 10.4 Å². The molecule has 206 valence electrons. The summed E-state index contributed by atoms with van der Waals surface area (Å²) in [6.07, 6.45) is 9.24. The molecule has 2 amide bonds. The van der Waals surface area contributed by atoms with E-state index in [1.807, 2.05) is 24.5 Å². The molecule has 0 atom stereocenters. The van der Waals surface area contributed by atoms with Crippen LogP contribution in [0.15, 0.2) is 73.3 Å². The number of nitrogens with one attached hydrogen (secondary N) is 2. The minimum Gasteiger partial charge on any atom is -0.389 e. The monoisotopic (exact) mass is 559 g/mol. The molecule has 10 nitrogen and oxygen atoms in total. The van der Waals surface area contributed by atoms with Crippen LogP contribution in [-0.2, 0) is 0 Å². The second-order valence-corrected chi connectivity index (χ2v) is 9.98. The molecule has 1 aromatic carbocycles. The molecule has 40 heavy (non-hydrogen) atoms. The van der Waals surface area contributed by atoms with Crippen LogP contribution in [0.4, 0.5) is 16.3 Å². The van der Waals surface area contributed by atoms with E-state index in [9.17, 15) is 9.59 Å². The van der Waals surface area contributed by atoms with Crippen LogP contribution in [0.5, 0.6) is 5.88 Å². The number of carbonyl (C=O) groups excluding carboxylic acids is 2. The van der Waals surface area contributed by atoms with E-state index in [2.05, 4.69) is 30.6 Å². The minimum absolute atomic E-state index is 0.0921. The number of ether oxygens (including phenoxy) is 1.